The van der Waals surface area contributed by atoms with Gasteiger partial charge in [-0.3, -0.25) is 0 Å². The van der Waals surface area contributed by atoms with Crippen molar-refractivity contribution in [1.29, 1.82) is 0 Å². The van der Waals surface area contributed by atoms with Gasteiger partial charge in [-0.25, -0.2) is 0 Å². The van der Waals surface area contributed by atoms with Crippen LogP contribution in [0.25, 0.3) is 0 Å². The van der Waals surface area contributed by atoms with Gasteiger partial charge >= 0.3 is 0 Å². The number of benzene rings is 1. The maximum absolute atomic E-state index is 5.85. The molecule has 84 valence electrons. The van der Waals surface area contributed by atoms with Crippen molar-refractivity contribution < 1.29 is 0 Å². The molecule has 0 spiro atoms. The van der Waals surface area contributed by atoms with Crippen molar-refractivity contribution in [1.82, 2.24) is 5.32 Å². The van der Waals surface area contributed by atoms with Gasteiger partial charge in [-0.2, -0.15) is 0 Å². The Morgan fingerprint density at radius 3 is 2.53 bits per heavy atom. The molecular weight excluding hydrogens is 208 g/mol. The molecule has 1 aromatic rings. The molecule has 1 unspecified atom stereocenters. The van der Waals surface area contributed by atoms with Gasteiger partial charge in [0, 0.05) is 11.1 Å². The molecule has 0 aliphatic heterocycles. The van der Waals surface area contributed by atoms with Gasteiger partial charge in [0.2, 0.25) is 0 Å². The number of nitrogens with one attached hydrogen (secondary N) is 1. The fourth-order valence-corrected chi connectivity index (χ4v) is 1.70. The average Bonchev–Trinajstić information content (AvgIpc) is 2.26. The van der Waals surface area contributed by atoms with E-state index in [9.17, 15) is 0 Å². The number of halogens is 1. The molecule has 15 heavy (non-hydrogen) atoms. The first-order valence-corrected chi connectivity index (χ1v) is 5.84. The molecule has 0 bridgehead atoms. The average molecular weight is 227 g/mol. The zero-order valence-electron chi connectivity index (χ0n) is 9.17. The molecular formula is C12H19ClN2. The Kier molecular flexibility index (Phi) is 5.69. The number of rotatable bonds is 6. The molecule has 1 rings (SSSR count). The Labute approximate surface area is 96.8 Å². The summed E-state index contributed by atoms with van der Waals surface area (Å²) >= 11 is 5.85. The lowest BCUT2D eigenvalue weighted by Gasteiger charge is -2.17. The second-order valence-electron chi connectivity index (χ2n) is 3.61. The van der Waals surface area contributed by atoms with Gasteiger partial charge in [0.05, 0.1) is 0 Å². The van der Waals surface area contributed by atoms with E-state index in [2.05, 4.69) is 24.4 Å². The third kappa shape index (κ3) is 4.20. The zero-order chi connectivity index (χ0) is 11.1. The SMILES string of the molecule is CCC(NCCCN)c1ccc(Cl)cc1. The molecule has 3 heteroatoms. The molecule has 0 aliphatic rings. The third-order valence-electron chi connectivity index (χ3n) is 2.45. The lowest BCUT2D eigenvalue weighted by atomic mass is 10.0. The van der Waals surface area contributed by atoms with Crippen LogP contribution in [0.15, 0.2) is 24.3 Å². The molecule has 0 aliphatic carbocycles. The van der Waals surface area contributed by atoms with Crippen LogP contribution in [-0.4, -0.2) is 13.1 Å². The minimum absolute atomic E-state index is 0.411. The van der Waals surface area contributed by atoms with Crippen LogP contribution >= 0.6 is 11.6 Å². The minimum Gasteiger partial charge on any atom is -0.330 e. The molecule has 0 saturated heterocycles. The van der Waals surface area contributed by atoms with E-state index < -0.39 is 0 Å². The van der Waals surface area contributed by atoms with Crippen molar-refractivity contribution in [3.05, 3.63) is 34.9 Å². The van der Waals surface area contributed by atoms with E-state index in [1.165, 1.54) is 5.56 Å². The maximum Gasteiger partial charge on any atom is 0.0406 e. The van der Waals surface area contributed by atoms with Crippen LogP contribution in [-0.2, 0) is 0 Å². The summed E-state index contributed by atoms with van der Waals surface area (Å²) in [5.74, 6) is 0. The van der Waals surface area contributed by atoms with Gasteiger partial charge in [0.1, 0.15) is 0 Å². The minimum atomic E-state index is 0.411. The van der Waals surface area contributed by atoms with Crippen LogP contribution in [0.4, 0.5) is 0 Å². The number of hydrogen-bond acceptors (Lipinski definition) is 2. The highest BCUT2D eigenvalue weighted by atomic mass is 35.5. The highest BCUT2D eigenvalue weighted by Gasteiger charge is 2.07. The molecule has 0 fully saturated rings. The van der Waals surface area contributed by atoms with Crippen LogP contribution in [0.3, 0.4) is 0 Å². The fraction of sp³-hybridized carbons (Fsp3) is 0.500. The topological polar surface area (TPSA) is 38.0 Å². The molecule has 0 amide bonds. The van der Waals surface area contributed by atoms with E-state index >= 15 is 0 Å². The zero-order valence-corrected chi connectivity index (χ0v) is 9.93. The van der Waals surface area contributed by atoms with Gasteiger partial charge < -0.3 is 11.1 Å². The highest BCUT2D eigenvalue weighted by Crippen LogP contribution is 2.18. The molecule has 0 radical (unpaired) electrons. The Balaban J connectivity index is 2.53. The summed E-state index contributed by atoms with van der Waals surface area (Å²) in [6, 6.07) is 8.43. The predicted octanol–water partition coefficient (Wildman–Crippen LogP) is 2.73. The fourth-order valence-electron chi connectivity index (χ4n) is 1.57. The summed E-state index contributed by atoms with van der Waals surface area (Å²) in [5, 5.41) is 4.27. The largest absolute Gasteiger partial charge is 0.330 e. The van der Waals surface area contributed by atoms with Crippen LogP contribution < -0.4 is 11.1 Å². The van der Waals surface area contributed by atoms with Crippen molar-refractivity contribution in [3.63, 3.8) is 0 Å². The van der Waals surface area contributed by atoms with Crippen molar-refractivity contribution >= 4 is 11.6 Å². The van der Waals surface area contributed by atoms with Gasteiger partial charge in [-0.15, -0.1) is 0 Å². The van der Waals surface area contributed by atoms with Crippen LogP contribution in [0.1, 0.15) is 31.4 Å². The van der Waals surface area contributed by atoms with Gasteiger partial charge in [0.15, 0.2) is 0 Å². The van der Waals surface area contributed by atoms with Crippen LogP contribution in [0.2, 0.25) is 5.02 Å². The second kappa shape index (κ2) is 6.83. The van der Waals surface area contributed by atoms with Gasteiger partial charge in [0.25, 0.3) is 0 Å². The van der Waals surface area contributed by atoms with E-state index in [1.807, 2.05) is 12.1 Å². The Hall–Kier alpha value is -0.570. The van der Waals surface area contributed by atoms with E-state index in [-0.39, 0.29) is 0 Å². The van der Waals surface area contributed by atoms with Crippen molar-refractivity contribution in [2.75, 3.05) is 13.1 Å². The third-order valence-corrected chi connectivity index (χ3v) is 2.70. The maximum atomic E-state index is 5.85. The summed E-state index contributed by atoms with van der Waals surface area (Å²) in [4.78, 5) is 0. The lowest BCUT2D eigenvalue weighted by molar-refractivity contribution is 0.513. The Morgan fingerprint density at radius 2 is 2.00 bits per heavy atom. The molecule has 0 aromatic heterocycles. The second-order valence-corrected chi connectivity index (χ2v) is 4.05. The highest BCUT2D eigenvalue weighted by molar-refractivity contribution is 6.30. The summed E-state index contributed by atoms with van der Waals surface area (Å²) < 4.78 is 0. The smallest absolute Gasteiger partial charge is 0.0406 e. The molecule has 2 nitrogen and oxygen atoms in total. The summed E-state index contributed by atoms with van der Waals surface area (Å²) in [7, 11) is 0. The van der Waals surface area contributed by atoms with Crippen molar-refractivity contribution in [2.24, 2.45) is 5.73 Å². The predicted molar refractivity (Wildman–Crippen MR) is 66.2 cm³/mol. The molecule has 3 N–H and O–H groups in total. The van der Waals surface area contributed by atoms with E-state index in [0.717, 1.165) is 31.0 Å². The van der Waals surface area contributed by atoms with E-state index in [1.54, 1.807) is 0 Å². The summed E-state index contributed by atoms with van der Waals surface area (Å²) in [5.41, 5.74) is 6.75. The first-order chi connectivity index (χ1) is 7.27. The first-order valence-electron chi connectivity index (χ1n) is 5.46. The molecule has 1 atom stereocenters. The summed E-state index contributed by atoms with van der Waals surface area (Å²) in [6.45, 7) is 3.89. The van der Waals surface area contributed by atoms with Gasteiger partial charge in [-0.05, 0) is 43.6 Å². The number of nitrogens with two attached hydrogens (primary N) is 1. The van der Waals surface area contributed by atoms with E-state index in [4.69, 9.17) is 17.3 Å². The van der Waals surface area contributed by atoms with Crippen molar-refractivity contribution in [3.8, 4) is 0 Å². The van der Waals surface area contributed by atoms with Gasteiger partial charge in [-0.1, -0.05) is 30.7 Å². The molecule has 1 aromatic carbocycles. The molecule has 0 saturated carbocycles. The first kappa shape index (κ1) is 12.5. The monoisotopic (exact) mass is 226 g/mol. The Bertz CT molecular complexity index is 271. The normalized spacial score (nSPS) is 12.7. The Morgan fingerprint density at radius 1 is 1.33 bits per heavy atom. The van der Waals surface area contributed by atoms with Crippen molar-refractivity contribution in [2.45, 2.75) is 25.8 Å². The van der Waals surface area contributed by atoms with Crippen LogP contribution in [0.5, 0.6) is 0 Å². The van der Waals surface area contributed by atoms with Crippen LogP contribution in [0, 0.1) is 0 Å². The molecule has 0 heterocycles. The summed E-state index contributed by atoms with van der Waals surface area (Å²) in [6.07, 6.45) is 2.09. The quantitative estimate of drug-likeness (QED) is 0.732. The standard InChI is InChI=1S/C12H19ClN2/c1-2-12(15-9-3-8-14)10-4-6-11(13)7-5-10/h4-7,12,15H,2-3,8-9,14H2,1H3. The number of hydrogen-bond donors (Lipinski definition) is 2. The van der Waals surface area contributed by atoms with E-state index in [0.29, 0.717) is 6.04 Å². The lowest BCUT2D eigenvalue weighted by Crippen LogP contribution is -2.23.